The normalized spacial score (nSPS) is 24.4. The summed E-state index contributed by atoms with van der Waals surface area (Å²) in [7, 11) is 0. The Balaban J connectivity index is 2.12. The predicted octanol–water partition coefficient (Wildman–Crippen LogP) is 2.60. The molecule has 0 radical (unpaired) electrons. The van der Waals surface area contributed by atoms with Gasteiger partial charge >= 0.3 is 0 Å². The van der Waals surface area contributed by atoms with Crippen LogP contribution in [0.25, 0.3) is 0 Å². The Morgan fingerprint density at radius 2 is 2.14 bits per heavy atom. The van der Waals surface area contributed by atoms with Gasteiger partial charge in [0.25, 0.3) is 0 Å². The summed E-state index contributed by atoms with van der Waals surface area (Å²) in [5.74, 6) is 0.398. The second-order valence-corrected chi connectivity index (χ2v) is 4.22. The van der Waals surface area contributed by atoms with Gasteiger partial charge in [-0.25, -0.2) is 0 Å². The van der Waals surface area contributed by atoms with Crippen LogP contribution in [-0.2, 0) is 4.79 Å². The molecular formula is C10H9Cl2NO. The van der Waals surface area contributed by atoms with E-state index in [4.69, 9.17) is 23.2 Å². The minimum Gasteiger partial charge on any atom is -0.355 e. The smallest absolute Gasteiger partial charge is 0.207 e. The predicted molar refractivity (Wildman–Crippen MR) is 56.8 cm³/mol. The van der Waals surface area contributed by atoms with E-state index in [0.29, 0.717) is 16.0 Å². The zero-order valence-electron chi connectivity index (χ0n) is 7.34. The maximum Gasteiger partial charge on any atom is 0.207 e. The van der Waals surface area contributed by atoms with Gasteiger partial charge in [-0.3, -0.25) is 4.79 Å². The molecule has 0 heterocycles. The highest BCUT2D eigenvalue weighted by Crippen LogP contribution is 2.42. The molecule has 1 saturated carbocycles. The van der Waals surface area contributed by atoms with Crippen molar-refractivity contribution in [2.75, 3.05) is 0 Å². The molecule has 2 atom stereocenters. The monoisotopic (exact) mass is 229 g/mol. The van der Waals surface area contributed by atoms with Gasteiger partial charge in [-0.1, -0.05) is 29.3 Å². The summed E-state index contributed by atoms with van der Waals surface area (Å²) in [4.78, 5) is 10.2. The molecule has 1 N–H and O–H groups in total. The molecule has 1 aliphatic rings. The second kappa shape index (κ2) is 3.79. The van der Waals surface area contributed by atoms with E-state index in [9.17, 15) is 4.79 Å². The molecule has 1 aromatic carbocycles. The van der Waals surface area contributed by atoms with Gasteiger partial charge in [0, 0.05) is 12.0 Å². The fourth-order valence-corrected chi connectivity index (χ4v) is 1.88. The molecule has 1 aliphatic carbocycles. The first-order valence-electron chi connectivity index (χ1n) is 4.37. The fraction of sp³-hybridized carbons (Fsp3) is 0.300. The van der Waals surface area contributed by atoms with Gasteiger partial charge in [-0.05, 0) is 24.1 Å². The van der Waals surface area contributed by atoms with Gasteiger partial charge in [0.1, 0.15) is 0 Å². The van der Waals surface area contributed by atoms with Crippen molar-refractivity contribution in [3.05, 3.63) is 33.8 Å². The Labute approximate surface area is 92.2 Å². The standard InChI is InChI=1S/C10H9Cl2NO/c11-8-2-1-6(3-9(8)12)7-4-10(7)13-5-14/h1-3,5,7,10H,4H2,(H,13,14). The number of amides is 1. The van der Waals surface area contributed by atoms with E-state index < -0.39 is 0 Å². The molecule has 1 fully saturated rings. The van der Waals surface area contributed by atoms with Crippen LogP contribution in [0.2, 0.25) is 10.0 Å². The molecule has 1 amide bonds. The first kappa shape index (κ1) is 9.81. The van der Waals surface area contributed by atoms with Crippen LogP contribution in [0.1, 0.15) is 17.9 Å². The molecular weight excluding hydrogens is 221 g/mol. The van der Waals surface area contributed by atoms with Crippen molar-refractivity contribution in [1.82, 2.24) is 5.32 Å². The lowest BCUT2D eigenvalue weighted by Gasteiger charge is -2.01. The van der Waals surface area contributed by atoms with Gasteiger partial charge < -0.3 is 5.32 Å². The van der Waals surface area contributed by atoms with Gasteiger partial charge in [0.05, 0.1) is 10.0 Å². The number of carbonyl (C=O) groups excluding carboxylic acids is 1. The van der Waals surface area contributed by atoms with Gasteiger partial charge in [0.15, 0.2) is 0 Å². The van der Waals surface area contributed by atoms with Crippen molar-refractivity contribution < 1.29 is 4.79 Å². The number of benzene rings is 1. The summed E-state index contributed by atoms with van der Waals surface area (Å²) in [6, 6.07) is 5.87. The molecule has 14 heavy (non-hydrogen) atoms. The molecule has 0 aromatic heterocycles. The van der Waals surface area contributed by atoms with E-state index in [1.54, 1.807) is 6.07 Å². The highest BCUT2D eigenvalue weighted by Gasteiger charge is 2.38. The lowest BCUT2D eigenvalue weighted by atomic mass is 10.1. The molecule has 1 aromatic rings. The van der Waals surface area contributed by atoms with Crippen molar-refractivity contribution >= 4 is 29.6 Å². The van der Waals surface area contributed by atoms with E-state index in [1.807, 2.05) is 12.1 Å². The van der Waals surface area contributed by atoms with Crippen LogP contribution in [0.15, 0.2) is 18.2 Å². The third kappa shape index (κ3) is 1.86. The largest absolute Gasteiger partial charge is 0.355 e. The molecule has 0 aliphatic heterocycles. The first-order valence-corrected chi connectivity index (χ1v) is 5.12. The summed E-state index contributed by atoms with van der Waals surface area (Å²) in [5.41, 5.74) is 1.14. The van der Waals surface area contributed by atoms with Crippen LogP contribution in [0, 0.1) is 0 Å². The summed E-state index contributed by atoms with van der Waals surface area (Å²) in [5, 5.41) is 3.88. The summed E-state index contributed by atoms with van der Waals surface area (Å²) < 4.78 is 0. The van der Waals surface area contributed by atoms with Crippen LogP contribution in [0.3, 0.4) is 0 Å². The van der Waals surface area contributed by atoms with Gasteiger partial charge in [-0.2, -0.15) is 0 Å². The average molecular weight is 230 g/mol. The zero-order valence-corrected chi connectivity index (χ0v) is 8.85. The Hall–Kier alpha value is -0.730. The topological polar surface area (TPSA) is 29.1 Å². The van der Waals surface area contributed by atoms with Crippen LogP contribution in [0.4, 0.5) is 0 Å². The molecule has 0 spiro atoms. The van der Waals surface area contributed by atoms with Crippen LogP contribution < -0.4 is 5.32 Å². The number of hydrogen-bond donors (Lipinski definition) is 1. The fourth-order valence-electron chi connectivity index (χ4n) is 1.58. The number of hydrogen-bond acceptors (Lipinski definition) is 1. The highest BCUT2D eigenvalue weighted by atomic mass is 35.5. The van der Waals surface area contributed by atoms with E-state index in [0.717, 1.165) is 18.4 Å². The van der Waals surface area contributed by atoms with Crippen molar-refractivity contribution in [2.24, 2.45) is 0 Å². The molecule has 2 nitrogen and oxygen atoms in total. The van der Waals surface area contributed by atoms with E-state index >= 15 is 0 Å². The third-order valence-electron chi connectivity index (χ3n) is 2.44. The Kier molecular flexibility index (Phi) is 2.66. The Morgan fingerprint density at radius 3 is 2.79 bits per heavy atom. The number of carbonyl (C=O) groups is 1. The SMILES string of the molecule is O=CNC1CC1c1ccc(Cl)c(Cl)c1. The summed E-state index contributed by atoms with van der Waals surface area (Å²) in [6.07, 6.45) is 1.72. The number of nitrogens with one attached hydrogen (secondary N) is 1. The zero-order chi connectivity index (χ0) is 10.1. The van der Waals surface area contributed by atoms with Gasteiger partial charge in [-0.15, -0.1) is 0 Å². The molecule has 2 unspecified atom stereocenters. The van der Waals surface area contributed by atoms with Crippen LogP contribution in [0.5, 0.6) is 0 Å². The van der Waals surface area contributed by atoms with Crippen molar-refractivity contribution in [3.63, 3.8) is 0 Å². The minimum atomic E-state index is 0.268. The van der Waals surface area contributed by atoms with Crippen molar-refractivity contribution in [2.45, 2.75) is 18.4 Å². The maximum atomic E-state index is 10.2. The molecule has 0 saturated heterocycles. The average Bonchev–Trinajstić information content (AvgIpc) is 2.90. The minimum absolute atomic E-state index is 0.268. The second-order valence-electron chi connectivity index (χ2n) is 3.41. The molecule has 2 rings (SSSR count). The quantitative estimate of drug-likeness (QED) is 0.794. The number of halogens is 2. The highest BCUT2D eigenvalue weighted by molar-refractivity contribution is 6.42. The lowest BCUT2D eigenvalue weighted by molar-refractivity contribution is -0.109. The third-order valence-corrected chi connectivity index (χ3v) is 3.18. The molecule has 4 heteroatoms. The lowest BCUT2D eigenvalue weighted by Crippen LogP contribution is -2.14. The van der Waals surface area contributed by atoms with Crippen molar-refractivity contribution in [1.29, 1.82) is 0 Å². The Morgan fingerprint density at radius 1 is 1.36 bits per heavy atom. The molecule has 0 bridgehead atoms. The summed E-state index contributed by atoms with van der Waals surface area (Å²) >= 11 is 11.7. The van der Waals surface area contributed by atoms with Crippen LogP contribution in [-0.4, -0.2) is 12.5 Å². The first-order chi connectivity index (χ1) is 6.72. The summed E-state index contributed by atoms with van der Waals surface area (Å²) in [6.45, 7) is 0. The van der Waals surface area contributed by atoms with E-state index in [1.165, 1.54) is 0 Å². The van der Waals surface area contributed by atoms with Crippen LogP contribution >= 0.6 is 23.2 Å². The van der Waals surface area contributed by atoms with E-state index in [-0.39, 0.29) is 6.04 Å². The maximum absolute atomic E-state index is 10.2. The Bertz CT molecular complexity index is 367. The van der Waals surface area contributed by atoms with Gasteiger partial charge in [0.2, 0.25) is 6.41 Å². The number of rotatable bonds is 3. The van der Waals surface area contributed by atoms with Crippen molar-refractivity contribution in [3.8, 4) is 0 Å². The van der Waals surface area contributed by atoms with E-state index in [2.05, 4.69) is 5.32 Å². The molecule has 74 valence electrons.